The number of fused-ring (bicyclic) bond motifs is 1. The number of hydrogen-bond acceptors (Lipinski definition) is 4. The lowest BCUT2D eigenvalue weighted by molar-refractivity contribution is 0.483. The zero-order chi connectivity index (χ0) is 18.8. The van der Waals surface area contributed by atoms with E-state index in [-0.39, 0.29) is 0 Å². The highest BCUT2D eigenvalue weighted by atomic mass is 16.5. The molecule has 4 aromatic rings. The molecule has 0 spiro atoms. The molecule has 138 valence electrons. The van der Waals surface area contributed by atoms with Crippen molar-refractivity contribution in [1.29, 1.82) is 0 Å². The maximum Gasteiger partial charge on any atom is 0.162 e. The zero-order valence-electron chi connectivity index (χ0n) is 15.6. The topological polar surface area (TPSA) is 38.2 Å². The summed E-state index contributed by atoms with van der Waals surface area (Å²) in [6, 6.07) is 26.1. The normalized spacial score (nSPS) is 13.8. The third-order valence-electron chi connectivity index (χ3n) is 5.08. The number of ether oxygens (including phenoxy) is 1. The third kappa shape index (κ3) is 3.29. The van der Waals surface area contributed by atoms with Crippen molar-refractivity contribution in [2.24, 2.45) is 0 Å². The largest absolute Gasteiger partial charge is 0.457 e. The van der Waals surface area contributed by atoms with E-state index in [1.165, 1.54) is 12.8 Å². The average Bonchev–Trinajstić information content (AvgIpc) is 3.29. The van der Waals surface area contributed by atoms with Crippen molar-refractivity contribution >= 4 is 16.7 Å². The van der Waals surface area contributed by atoms with Crippen LogP contribution in [0.5, 0.6) is 11.5 Å². The maximum atomic E-state index is 5.90. The van der Waals surface area contributed by atoms with E-state index < -0.39 is 0 Å². The van der Waals surface area contributed by atoms with Crippen LogP contribution in [0.4, 0.5) is 5.82 Å². The van der Waals surface area contributed by atoms with Crippen LogP contribution < -0.4 is 9.64 Å². The Kier molecular flexibility index (Phi) is 4.37. The Bertz CT molecular complexity index is 1090. The molecule has 1 aliphatic heterocycles. The molecule has 0 N–H and O–H groups in total. The zero-order valence-corrected chi connectivity index (χ0v) is 15.6. The van der Waals surface area contributed by atoms with Gasteiger partial charge in [-0.05, 0) is 61.4 Å². The van der Waals surface area contributed by atoms with Crippen molar-refractivity contribution in [2.75, 3.05) is 18.0 Å². The summed E-state index contributed by atoms with van der Waals surface area (Å²) in [5, 5.41) is 1.12. The molecule has 0 saturated carbocycles. The molecule has 5 rings (SSSR count). The van der Waals surface area contributed by atoms with Gasteiger partial charge in [0.15, 0.2) is 5.82 Å². The van der Waals surface area contributed by atoms with Crippen molar-refractivity contribution in [1.82, 2.24) is 9.97 Å². The standard InChI is InChI=1S/C24H21N3O/c1-2-8-19(9-3-1)28-20-14-12-18(13-15-20)23-25-22-11-5-4-10-21(22)24(26-23)27-16-6-7-17-27/h1-5,8-15H,6-7,16-17H2. The van der Waals surface area contributed by atoms with Gasteiger partial charge in [0, 0.05) is 24.0 Å². The first-order chi connectivity index (χ1) is 13.9. The molecule has 28 heavy (non-hydrogen) atoms. The van der Waals surface area contributed by atoms with Crippen molar-refractivity contribution < 1.29 is 4.74 Å². The summed E-state index contributed by atoms with van der Waals surface area (Å²) in [7, 11) is 0. The number of nitrogens with zero attached hydrogens (tertiary/aromatic N) is 3. The monoisotopic (exact) mass is 367 g/mol. The molecule has 2 heterocycles. The fourth-order valence-electron chi connectivity index (χ4n) is 3.66. The highest BCUT2D eigenvalue weighted by molar-refractivity contribution is 5.91. The molecule has 1 aliphatic rings. The van der Waals surface area contributed by atoms with E-state index in [1.54, 1.807) is 0 Å². The van der Waals surface area contributed by atoms with Crippen molar-refractivity contribution in [2.45, 2.75) is 12.8 Å². The van der Waals surface area contributed by atoms with Crippen LogP contribution >= 0.6 is 0 Å². The molecule has 0 unspecified atom stereocenters. The second kappa shape index (κ2) is 7.31. The Hall–Kier alpha value is -3.40. The second-order valence-electron chi connectivity index (χ2n) is 7.02. The molecule has 1 saturated heterocycles. The van der Waals surface area contributed by atoms with Crippen LogP contribution in [0.2, 0.25) is 0 Å². The van der Waals surface area contributed by atoms with Crippen LogP contribution in [0, 0.1) is 0 Å². The van der Waals surface area contributed by atoms with E-state index in [0.717, 1.165) is 52.7 Å². The number of aromatic nitrogens is 2. The van der Waals surface area contributed by atoms with E-state index in [4.69, 9.17) is 14.7 Å². The van der Waals surface area contributed by atoms with Gasteiger partial charge in [0.2, 0.25) is 0 Å². The highest BCUT2D eigenvalue weighted by Gasteiger charge is 2.18. The average molecular weight is 367 g/mol. The first-order valence-electron chi connectivity index (χ1n) is 9.72. The maximum absolute atomic E-state index is 5.90. The van der Waals surface area contributed by atoms with Gasteiger partial charge in [0.25, 0.3) is 0 Å². The van der Waals surface area contributed by atoms with Gasteiger partial charge in [-0.1, -0.05) is 30.3 Å². The minimum Gasteiger partial charge on any atom is -0.457 e. The van der Waals surface area contributed by atoms with E-state index in [1.807, 2.05) is 60.7 Å². The Balaban J connectivity index is 1.50. The SMILES string of the molecule is c1ccc(Oc2ccc(-c3nc(N4CCCC4)c4ccccc4n3)cc2)cc1. The van der Waals surface area contributed by atoms with Gasteiger partial charge >= 0.3 is 0 Å². The lowest BCUT2D eigenvalue weighted by Crippen LogP contribution is -2.19. The summed E-state index contributed by atoms with van der Waals surface area (Å²) < 4.78 is 5.90. The third-order valence-corrected chi connectivity index (χ3v) is 5.08. The van der Waals surface area contributed by atoms with Crippen LogP contribution in [0.1, 0.15) is 12.8 Å². The van der Waals surface area contributed by atoms with Gasteiger partial charge in [-0.25, -0.2) is 9.97 Å². The Labute approximate surface area is 164 Å². The van der Waals surface area contributed by atoms with Crippen LogP contribution in [0.3, 0.4) is 0 Å². The molecule has 4 heteroatoms. The van der Waals surface area contributed by atoms with E-state index in [0.29, 0.717) is 0 Å². The molecule has 0 atom stereocenters. The smallest absolute Gasteiger partial charge is 0.162 e. The second-order valence-corrected chi connectivity index (χ2v) is 7.02. The van der Waals surface area contributed by atoms with Gasteiger partial charge in [-0.2, -0.15) is 0 Å². The first kappa shape index (κ1) is 16.8. The summed E-state index contributed by atoms with van der Waals surface area (Å²) in [6.45, 7) is 2.12. The van der Waals surface area contributed by atoms with Crippen LogP contribution in [0.15, 0.2) is 78.9 Å². The predicted octanol–water partition coefficient (Wildman–Crippen LogP) is 5.69. The van der Waals surface area contributed by atoms with E-state index in [2.05, 4.69) is 23.1 Å². The summed E-state index contributed by atoms with van der Waals surface area (Å²) in [5.74, 6) is 3.43. The van der Waals surface area contributed by atoms with Gasteiger partial charge in [-0.3, -0.25) is 0 Å². The number of hydrogen-bond donors (Lipinski definition) is 0. The molecule has 0 bridgehead atoms. The highest BCUT2D eigenvalue weighted by Crippen LogP contribution is 2.30. The Morgan fingerprint density at radius 3 is 2.14 bits per heavy atom. The fraction of sp³-hybridized carbons (Fsp3) is 0.167. The lowest BCUT2D eigenvalue weighted by atomic mass is 10.1. The summed E-state index contributed by atoms with van der Waals surface area (Å²) >= 11 is 0. The van der Waals surface area contributed by atoms with Gasteiger partial charge < -0.3 is 9.64 Å². The molecular weight excluding hydrogens is 346 g/mol. The summed E-state index contributed by atoms with van der Waals surface area (Å²) in [6.07, 6.45) is 2.44. The molecule has 4 nitrogen and oxygen atoms in total. The van der Waals surface area contributed by atoms with Crippen molar-refractivity contribution in [3.8, 4) is 22.9 Å². The number of benzene rings is 3. The molecule has 1 aromatic heterocycles. The number of rotatable bonds is 4. The van der Waals surface area contributed by atoms with Gasteiger partial charge in [0.1, 0.15) is 17.3 Å². The molecule has 0 amide bonds. The molecular formula is C24H21N3O. The number of para-hydroxylation sites is 2. The first-order valence-corrected chi connectivity index (χ1v) is 9.72. The van der Waals surface area contributed by atoms with Gasteiger partial charge in [-0.15, -0.1) is 0 Å². The quantitative estimate of drug-likeness (QED) is 0.464. The van der Waals surface area contributed by atoms with Crippen molar-refractivity contribution in [3.63, 3.8) is 0 Å². The Morgan fingerprint density at radius 2 is 1.36 bits per heavy atom. The Morgan fingerprint density at radius 1 is 0.679 bits per heavy atom. The molecule has 1 fully saturated rings. The number of anilines is 1. The van der Waals surface area contributed by atoms with E-state index in [9.17, 15) is 0 Å². The fourth-order valence-corrected chi connectivity index (χ4v) is 3.66. The van der Waals surface area contributed by atoms with Gasteiger partial charge in [0.05, 0.1) is 5.52 Å². The lowest BCUT2D eigenvalue weighted by Gasteiger charge is -2.19. The summed E-state index contributed by atoms with van der Waals surface area (Å²) in [5.41, 5.74) is 1.98. The predicted molar refractivity (Wildman–Crippen MR) is 113 cm³/mol. The van der Waals surface area contributed by atoms with Crippen LogP contribution in [-0.2, 0) is 0 Å². The van der Waals surface area contributed by atoms with Crippen LogP contribution in [-0.4, -0.2) is 23.1 Å². The summed E-state index contributed by atoms with van der Waals surface area (Å²) in [4.78, 5) is 12.1. The molecule has 0 radical (unpaired) electrons. The molecule has 0 aliphatic carbocycles. The van der Waals surface area contributed by atoms with Crippen LogP contribution in [0.25, 0.3) is 22.3 Å². The molecule has 3 aromatic carbocycles. The minimum absolute atomic E-state index is 0.756. The van der Waals surface area contributed by atoms with Crippen molar-refractivity contribution in [3.05, 3.63) is 78.9 Å². The minimum atomic E-state index is 0.756. The van der Waals surface area contributed by atoms with E-state index >= 15 is 0 Å².